The molecule has 6 nitrogen and oxygen atoms in total. The molecule has 0 fully saturated rings. The largest absolute Gasteiger partial charge is 0.480 e. The van der Waals surface area contributed by atoms with E-state index in [1.807, 2.05) is 0 Å². The van der Waals surface area contributed by atoms with Gasteiger partial charge in [0.05, 0.1) is 5.92 Å². The molecule has 0 aromatic carbocycles. The van der Waals surface area contributed by atoms with Crippen molar-refractivity contribution in [2.45, 2.75) is 18.4 Å². The Morgan fingerprint density at radius 1 is 1.50 bits per heavy atom. The Kier molecular flexibility index (Phi) is 4.96. The summed E-state index contributed by atoms with van der Waals surface area (Å²) in [6, 6.07) is 0. The standard InChI is InChI=1S/C8H14N2O4/c9-3-1-2-6(4-11)8(10,5-12)7(13)14/h4-6H,1-3,9-10H2,(H,13,14)/t6?,8-/m0/s1. The lowest BCUT2D eigenvalue weighted by molar-refractivity contribution is -0.149. The number of hydrogen-bond acceptors (Lipinski definition) is 5. The van der Waals surface area contributed by atoms with E-state index in [2.05, 4.69) is 0 Å². The highest BCUT2D eigenvalue weighted by Crippen LogP contribution is 2.16. The minimum atomic E-state index is -2.13. The maximum absolute atomic E-state index is 10.7. The number of rotatable bonds is 7. The summed E-state index contributed by atoms with van der Waals surface area (Å²) in [5.74, 6) is -2.53. The molecule has 0 amide bonds. The zero-order valence-corrected chi connectivity index (χ0v) is 7.68. The van der Waals surface area contributed by atoms with Crippen LogP contribution in [0.4, 0.5) is 0 Å². The molecule has 80 valence electrons. The molecule has 0 aromatic heterocycles. The van der Waals surface area contributed by atoms with Gasteiger partial charge in [0.1, 0.15) is 6.29 Å². The highest BCUT2D eigenvalue weighted by Gasteiger charge is 2.41. The number of carboxylic acids is 1. The lowest BCUT2D eigenvalue weighted by Gasteiger charge is -2.23. The summed E-state index contributed by atoms with van der Waals surface area (Å²) in [4.78, 5) is 31.8. The van der Waals surface area contributed by atoms with Gasteiger partial charge in [-0.05, 0) is 19.4 Å². The van der Waals surface area contributed by atoms with Crippen LogP contribution in [0.1, 0.15) is 12.8 Å². The number of aliphatic carboxylic acids is 1. The molecule has 1 unspecified atom stereocenters. The lowest BCUT2D eigenvalue weighted by atomic mass is 9.84. The lowest BCUT2D eigenvalue weighted by Crippen LogP contribution is -2.56. The molecule has 0 saturated carbocycles. The second kappa shape index (κ2) is 5.46. The summed E-state index contributed by atoms with van der Waals surface area (Å²) in [6.07, 6.45) is 1.12. The van der Waals surface area contributed by atoms with Crippen LogP contribution in [0, 0.1) is 5.92 Å². The van der Waals surface area contributed by atoms with Gasteiger partial charge in [0.25, 0.3) is 0 Å². The van der Waals surface area contributed by atoms with E-state index >= 15 is 0 Å². The van der Waals surface area contributed by atoms with Crippen LogP contribution in [0.15, 0.2) is 0 Å². The van der Waals surface area contributed by atoms with Gasteiger partial charge in [-0.1, -0.05) is 0 Å². The fraction of sp³-hybridized carbons (Fsp3) is 0.625. The van der Waals surface area contributed by atoms with Crippen LogP contribution < -0.4 is 11.5 Å². The second-order valence-corrected chi connectivity index (χ2v) is 3.03. The average Bonchev–Trinajstić information content (AvgIpc) is 2.18. The first-order valence-corrected chi connectivity index (χ1v) is 4.16. The van der Waals surface area contributed by atoms with E-state index in [0.717, 1.165) is 0 Å². The first-order chi connectivity index (χ1) is 6.52. The SMILES string of the molecule is NCCCC(C=O)[C@@](N)(C=O)C(=O)O. The second-order valence-electron chi connectivity index (χ2n) is 3.03. The molecule has 6 heteroatoms. The number of carbonyl (C=O) groups is 3. The molecule has 0 saturated heterocycles. The van der Waals surface area contributed by atoms with Gasteiger partial charge in [0, 0.05) is 0 Å². The third-order valence-corrected chi connectivity index (χ3v) is 2.06. The van der Waals surface area contributed by atoms with Crippen molar-refractivity contribution in [3.63, 3.8) is 0 Å². The zero-order valence-electron chi connectivity index (χ0n) is 7.68. The molecule has 0 aliphatic rings. The summed E-state index contributed by atoms with van der Waals surface area (Å²) >= 11 is 0. The van der Waals surface area contributed by atoms with Gasteiger partial charge >= 0.3 is 5.97 Å². The topological polar surface area (TPSA) is 123 Å². The first-order valence-electron chi connectivity index (χ1n) is 4.16. The first kappa shape index (κ1) is 12.7. The van der Waals surface area contributed by atoms with Crippen LogP contribution in [0.25, 0.3) is 0 Å². The Labute approximate surface area is 81.3 Å². The monoisotopic (exact) mass is 202 g/mol. The fourth-order valence-corrected chi connectivity index (χ4v) is 1.05. The van der Waals surface area contributed by atoms with Crippen molar-refractivity contribution in [1.29, 1.82) is 0 Å². The minimum absolute atomic E-state index is 0.0882. The Morgan fingerprint density at radius 2 is 2.07 bits per heavy atom. The summed E-state index contributed by atoms with van der Waals surface area (Å²) in [7, 11) is 0. The van der Waals surface area contributed by atoms with Crippen LogP contribution in [0.3, 0.4) is 0 Å². The van der Waals surface area contributed by atoms with Crippen LogP contribution >= 0.6 is 0 Å². The number of hydrogen-bond donors (Lipinski definition) is 3. The molecule has 0 bridgehead atoms. The molecular weight excluding hydrogens is 188 g/mol. The van der Waals surface area contributed by atoms with Crippen molar-refractivity contribution in [3.05, 3.63) is 0 Å². The van der Waals surface area contributed by atoms with Crippen molar-refractivity contribution in [1.82, 2.24) is 0 Å². The van der Waals surface area contributed by atoms with Crippen LogP contribution in [0.2, 0.25) is 0 Å². The highest BCUT2D eigenvalue weighted by molar-refractivity contribution is 6.00. The molecule has 0 aliphatic carbocycles. The van der Waals surface area contributed by atoms with Crippen molar-refractivity contribution in [3.8, 4) is 0 Å². The van der Waals surface area contributed by atoms with Gasteiger partial charge in [-0.2, -0.15) is 0 Å². The predicted molar refractivity (Wildman–Crippen MR) is 48.5 cm³/mol. The molecular formula is C8H14N2O4. The quantitative estimate of drug-likeness (QED) is 0.341. The van der Waals surface area contributed by atoms with Gasteiger partial charge in [0.15, 0.2) is 11.8 Å². The normalized spacial score (nSPS) is 16.7. The number of aldehydes is 2. The summed E-state index contributed by atoms with van der Waals surface area (Å²) in [5.41, 5.74) is 8.37. The van der Waals surface area contributed by atoms with Gasteiger partial charge in [-0.15, -0.1) is 0 Å². The molecule has 0 aliphatic heterocycles. The fourth-order valence-electron chi connectivity index (χ4n) is 1.05. The maximum atomic E-state index is 10.7. The van der Waals surface area contributed by atoms with Crippen molar-refractivity contribution in [2.75, 3.05) is 6.54 Å². The number of carbonyl (C=O) groups excluding carboxylic acids is 2. The third-order valence-electron chi connectivity index (χ3n) is 2.06. The molecule has 2 atom stereocenters. The molecule has 0 rings (SSSR count). The van der Waals surface area contributed by atoms with Gasteiger partial charge in [-0.25, -0.2) is 4.79 Å². The van der Waals surface area contributed by atoms with Crippen molar-refractivity contribution < 1.29 is 19.5 Å². The van der Waals surface area contributed by atoms with Gasteiger partial charge in [-0.3, -0.25) is 0 Å². The highest BCUT2D eigenvalue weighted by atomic mass is 16.4. The summed E-state index contributed by atoms with van der Waals surface area (Å²) in [5, 5.41) is 8.69. The number of nitrogens with two attached hydrogens (primary N) is 2. The smallest absolute Gasteiger partial charge is 0.331 e. The maximum Gasteiger partial charge on any atom is 0.331 e. The molecule has 0 radical (unpaired) electrons. The van der Waals surface area contributed by atoms with E-state index in [0.29, 0.717) is 19.3 Å². The molecule has 0 heterocycles. The number of carboxylic acid groups (broad SMARTS) is 1. The van der Waals surface area contributed by atoms with E-state index in [1.54, 1.807) is 0 Å². The third kappa shape index (κ3) is 2.61. The van der Waals surface area contributed by atoms with E-state index in [9.17, 15) is 14.4 Å². The van der Waals surface area contributed by atoms with E-state index in [4.69, 9.17) is 16.6 Å². The van der Waals surface area contributed by atoms with Crippen molar-refractivity contribution in [2.24, 2.45) is 17.4 Å². The zero-order chi connectivity index (χ0) is 11.2. The van der Waals surface area contributed by atoms with E-state index in [1.165, 1.54) is 0 Å². The Bertz CT molecular complexity index is 231. The predicted octanol–water partition coefficient (Wildman–Crippen LogP) is -1.48. The Morgan fingerprint density at radius 3 is 2.36 bits per heavy atom. The average molecular weight is 202 g/mol. The summed E-state index contributed by atoms with van der Waals surface area (Å²) in [6.45, 7) is 0.318. The Balaban J connectivity index is 4.68. The molecule has 0 aromatic rings. The van der Waals surface area contributed by atoms with E-state index in [-0.39, 0.29) is 12.7 Å². The van der Waals surface area contributed by atoms with Crippen molar-refractivity contribution >= 4 is 18.5 Å². The van der Waals surface area contributed by atoms with Crippen LogP contribution in [-0.4, -0.2) is 35.7 Å². The van der Waals surface area contributed by atoms with Gasteiger partial charge < -0.3 is 26.2 Å². The van der Waals surface area contributed by atoms with E-state index < -0.39 is 17.4 Å². The van der Waals surface area contributed by atoms with Gasteiger partial charge in [0.2, 0.25) is 0 Å². The minimum Gasteiger partial charge on any atom is -0.480 e. The molecule has 0 spiro atoms. The Hall–Kier alpha value is -1.27. The van der Waals surface area contributed by atoms with Crippen LogP contribution in [-0.2, 0) is 14.4 Å². The molecule has 14 heavy (non-hydrogen) atoms. The van der Waals surface area contributed by atoms with Crippen LogP contribution in [0.5, 0.6) is 0 Å². The molecule has 5 N–H and O–H groups in total. The summed E-state index contributed by atoms with van der Waals surface area (Å²) < 4.78 is 0.